The standard InChI is InChI=1S/C14H24N2O3/c1-9(2)14(5-6-14)8-15-13(19)16-7-4-10(3)11(16)12(17)18/h9-11H,4-8H2,1-3H3,(H,15,19)(H,17,18). The number of urea groups is 1. The van der Waals surface area contributed by atoms with Crippen LogP contribution >= 0.6 is 0 Å². The van der Waals surface area contributed by atoms with Crippen LogP contribution in [0.5, 0.6) is 0 Å². The van der Waals surface area contributed by atoms with Crippen LogP contribution in [0.3, 0.4) is 0 Å². The average Bonchev–Trinajstić information content (AvgIpc) is 3.03. The lowest BCUT2D eigenvalue weighted by molar-refractivity contribution is -0.142. The molecule has 19 heavy (non-hydrogen) atoms. The summed E-state index contributed by atoms with van der Waals surface area (Å²) in [5.41, 5.74) is 0.250. The molecule has 0 aromatic rings. The second-order valence-corrected chi connectivity index (χ2v) is 6.42. The van der Waals surface area contributed by atoms with E-state index in [1.165, 1.54) is 4.90 Å². The lowest BCUT2D eigenvalue weighted by atomic mass is 9.92. The number of amides is 2. The van der Waals surface area contributed by atoms with Gasteiger partial charge in [-0.3, -0.25) is 0 Å². The van der Waals surface area contributed by atoms with Crippen molar-refractivity contribution in [1.29, 1.82) is 0 Å². The highest BCUT2D eigenvalue weighted by Gasteiger charge is 2.46. The van der Waals surface area contributed by atoms with Gasteiger partial charge in [-0.15, -0.1) is 0 Å². The van der Waals surface area contributed by atoms with Gasteiger partial charge in [0.15, 0.2) is 0 Å². The first-order valence-electron chi connectivity index (χ1n) is 7.15. The number of hydrogen-bond acceptors (Lipinski definition) is 2. The summed E-state index contributed by atoms with van der Waals surface area (Å²) in [4.78, 5) is 24.9. The van der Waals surface area contributed by atoms with Crippen LogP contribution in [0, 0.1) is 17.3 Å². The molecule has 2 fully saturated rings. The van der Waals surface area contributed by atoms with E-state index in [1.54, 1.807) is 0 Å². The van der Waals surface area contributed by atoms with Crippen molar-refractivity contribution < 1.29 is 14.7 Å². The van der Waals surface area contributed by atoms with Crippen molar-refractivity contribution in [3.8, 4) is 0 Å². The van der Waals surface area contributed by atoms with Crippen molar-refractivity contribution in [3.63, 3.8) is 0 Å². The van der Waals surface area contributed by atoms with Gasteiger partial charge >= 0.3 is 12.0 Å². The number of likely N-dealkylation sites (tertiary alicyclic amines) is 1. The van der Waals surface area contributed by atoms with Gasteiger partial charge in [0, 0.05) is 13.1 Å². The van der Waals surface area contributed by atoms with Gasteiger partial charge < -0.3 is 15.3 Å². The minimum atomic E-state index is -0.898. The van der Waals surface area contributed by atoms with Crippen molar-refractivity contribution in [1.82, 2.24) is 10.2 Å². The van der Waals surface area contributed by atoms with E-state index in [1.807, 2.05) is 6.92 Å². The van der Waals surface area contributed by atoms with E-state index in [2.05, 4.69) is 19.2 Å². The van der Waals surface area contributed by atoms with Gasteiger partial charge in [0.1, 0.15) is 6.04 Å². The largest absolute Gasteiger partial charge is 0.480 e. The van der Waals surface area contributed by atoms with Crippen molar-refractivity contribution in [3.05, 3.63) is 0 Å². The Hall–Kier alpha value is -1.26. The quantitative estimate of drug-likeness (QED) is 0.818. The van der Waals surface area contributed by atoms with Crippen molar-refractivity contribution in [2.24, 2.45) is 17.3 Å². The Morgan fingerprint density at radius 2 is 2.05 bits per heavy atom. The summed E-state index contributed by atoms with van der Waals surface area (Å²) in [6.45, 7) is 7.45. The van der Waals surface area contributed by atoms with Crippen LogP contribution in [-0.4, -0.2) is 41.1 Å². The van der Waals surface area contributed by atoms with Crippen LogP contribution in [0.15, 0.2) is 0 Å². The minimum absolute atomic E-state index is 0.0308. The predicted molar refractivity (Wildman–Crippen MR) is 71.8 cm³/mol. The molecule has 2 aliphatic rings. The molecule has 1 aliphatic heterocycles. The Bertz CT molecular complexity index is 377. The van der Waals surface area contributed by atoms with Gasteiger partial charge in [-0.05, 0) is 36.5 Å². The van der Waals surface area contributed by atoms with Crippen molar-refractivity contribution >= 4 is 12.0 Å². The van der Waals surface area contributed by atoms with Gasteiger partial charge in [-0.25, -0.2) is 9.59 Å². The third kappa shape index (κ3) is 2.69. The molecule has 1 heterocycles. The van der Waals surface area contributed by atoms with Crippen LogP contribution in [-0.2, 0) is 4.79 Å². The van der Waals surface area contributed by atoms with Crippen molar-refractivity contribution in [2.75, 3.05) is 13.1 Å². The Labute approximate surface area is 114 Å². The predicted octanol–water partition coefficient (Wildman–Crippen LogP) is 1.93. The third-order valence-electron chi connectivity index (χ3n) is 4.92. The zero-order valence-corrected chi connectivity index (χ0v) is 12.0. The van der Waals surface area contributed by atoms with Crippen molar-refractivity contribution in [2.45, 2.75) is 46.1 Å². The minimum Gasteiger partial charge on any atom is -0.480 e. The van der Waals surface area contributed by atoms with Gasteiger partial charge in [0.2, 0.25) is 0 Å². The molecule has 0 aromatic heterocycles. The number of carboxylic acid groups (broad SMARTS) is 1. The molecule has 0 spiro atoms. The molecular formula is C14H24N2O3. The molecule has 0 aromatic carbocycles. The number of carbonyl (C=O) groups excluding carboxylic acids is 1. The number of carbonyl (C=O) groups is 2. The van der Waals surface area contributed by atoms with E-state index in [9.17, 15) is 14.7 Å². The van der Waals surface area contributed by atoms with E-state index < -0.39 is 12.0 Å². The summed E-state index contributed by atoms with van der Waals surface area (Å²) in [6.07, 6.45) is 3.08. The first-order valence-corrected chi connectivity index (χ1v) is 7.15. The van der Waals surface area contributed by atoms with Crippen LogP contribution in [0.1, 0.15) is 40.0 Å². The summed E-state index contributed by atoms with van der Waals surface area (Å²) in [6, 6.07) is -0.891. The lowest BCUT2D eigenvalue weighted by Gasteiger charge is -2.26. The molecule has 108 valence electrons. The SMILES string of the molecule is CC1CCN(C(=O)NCC2(C(C)C)CC2)C1C(=O)O. The molecule has 2 atom stereocenters. The molecule has 1 saturated carbocycles. The summed E-state index contributed by atoms with van der Waals surface area (Å²) in [5, 5.41) is 12.1. The molecule has 5 nitrogen and oxygen atoms in total. The summed E-state index contributed by atoms with van der Waals surface area (Å²) in [7, 11) is 0. The Kier molecular flexibility index (Phi) is 3.74. The molecule has 2 N–H and O–H groups in total. The Morgan fingerprint density at radius 1 is 1.42 bits per heavy atom. The van der Waals surface area contributed by atoms with Crippen LogP contribution in [0.4, 0.5) is 4.79 Å². The van der Waals surface area contributed by atoms with Gasteiger partial charge in [-0.1, -0.05) is 20.8 Å². The fraction of sp³-hybridized carbons (Fsp3) is 0.857. The topological polar surface area (TPSA) is 69.6 Å². The monoisotopic (exact) mass is 268 g/mol. The van der Waals surface area contributed by atoms with E-state index in [-0.39, 0.29) is 17.4 Å². The molecule has 0 bridgehead atoms. The molecule has 2 unspecified atom stereocenters. The summed E-state index contributed by atoms with van der Waals surface area (Å²) >= 11 is 0. The molecular weight excluding hydrogens is 244 g/mol. The third-order valence-corrected chi connectivity index (χ3v) is 4.92. The van der Waals surface area contributed by atoms with Gasteiger partial charge in [0.05, 0.1) is 0 Å². The molecule has 1 saturated heterocycles. The molecule has 0 radical (unpaired) electrons. The van der Waals surface area contributed by atoms with Crippen LogP contribution in [0.25, 0.3) is 0 Å². The van der Waals surface area contributed by atoms with E-state index in [4.69, 9.17) is 0 Å². The fourth-order valence-electron chi connectivity index (χ4n) is 3.02. The first-order chi connectivity index (χ1) is 8.87. The van der Waals surface area contributed by atoms with Crippen LogP contribution < -0.4 is 5.32 Å². The first kappa shape index (κ1) is 14.2. The zero-order valence-electron chi connectivity index (χ0n) is 12.0. The highest BCUT2D eigenvalue weighted by atomic mass is 16.4. The Balaban J connectivity index is 1.91. The maximum atomic E-state index is 12.2. The van der Waals surface area contributed by atoms with E-state index in [0.717, 1.165) is 19.3 Å². The van der Waals surface area contributed by atoms with Gasteiger partial charge in [0.25, 0.3) is 0 Å². The lowest BCUT2D eigenvalue weighted by Crippen LogP contribution is -2.49. The number of nitrogens with one attached hydrogen (secondary N) is 1. The molecule has 2 amide bonds. The Morgan fingerprint density at radius 3 is 2.53 bits per heavy atom. The van der Waals surface area contributed by atoms with E-state index >= 15 is 0 Å². The second-order valence-electron chi connectivity index (χ2n) is 6.42. The number of carboxylic acids is 1. The van der Waals surface area contributed by atoms with Crippen LogP contribution in [0.2, 0.25) is 0 Å². The molecule has 5 heteroatoms. The summed E-state index contributed by atoms with van der Waals surface area (Å²) < 4.78 is 0. The normalized spacial score (nSPS) is 28.5. The van der Waals surface area contributed by atoms with E-state index in [0.29, 0.717) is 19.0 Å². The second kappa shape index (κ2) is 5.02. The highest BCUT2D eigenvalue weighted by molar-refractivity contribution is 5.83. The van der Waals surface area contributed by atoms with Gasteiger partial charge in [-0.2, -0.15) is 0 Å². The fourth-order valence-corrected chi connectivity index (χ4v) is 3.02. The molecule has 2 rings (SSSR count). The maximum Gasteiger partial charge on any atom is 0.326 e. The summed E-state index contributed by atoms with van der Waals surface area (Å²) in [5.74, 6) is -0.311. The maximum absolute atomic E-state index is 12.2. The number of hydrogen-bond donors (Lipinski definition) is 2. The smallest absolute Gasteiger partial charge is 0.326 e. The number of nitrogens with zero attached hydrogens (tertiary/aromatic N) is 1. The number of aliphatic carboxylic acids is 1. The zero-order chi connectivity index (χ0) is 14.2. The average molecular weight is 268 g/mol. The highest BCUT2D eigenvalue weighted by Crippen LogP contribution is 2.51. The number of rotatable bonds is 4. The molecule has 1 aliphatic carbocycles.